The van der Waals surface area contributed by atoms with E-state index in [2.05, 4.69) is 0 Å². The standard InChI is InChI=1S/C15H10Cl2O3/c16-10-3-1-9(2-4-10)14(19)8-15(20)12-7-11(17)5-6-13(12)18/h1-7,18H,8H2. The lowest BCUT2D eigenvalue weighted by molar-refractivity contribution is 0.0893. The number of hydrogen-bond acceptors (Lipinski definition) is 3. The fourth-order valence-electron chi connectivity index (χ4n) is 1.71. The fraction of sp³-hybridized carbons (Fsp3) is 0.0667. The first-order valence-electron chi connectivity index (χ1n) is 5.78. The van der Waals surface area contributed by atoms with E-state index in [1.54, 1.807) is 24.3 Å². The SMILES string of the molecule is O=C(CC(=O)c1cc(Cl)ccc1O)c1ccc(Cl)cc1. The van der Waals surface area contributed by atoms with E-state index in [-0.39, 0.29) is 23.5 Å². The number of benzene rings is 2. The first kappa shape index (κ1) is 14.6. The molecule has 5 heteroatoms. The van der Waals surface area contributed by atoms with Gasteiger partial charge in [0.25, 0.3) is 0 Å². The molecule has 0 aromatic heterocycles. The number of aromatic hydroxyl groups is 1. The molecule has 2 aromatic rings. The third-order valence-electron chi connectivity index (χ3n) is 2.75. The zero-order valence-electron chi connectivity index (χ0n) is 10.3. The quantitative estimate of drug-likeness (QED) is 0.681. The van der Waals surface area contributed by atoms with Crippen molar-refractivity contribution in [3.05, 3.63) is 63.6 Å². The second-order valence-corrected chi connectivity index (χ2v) is 5.06. The van der Waals surface area contributed by atoms with Crippen molar-refractivity contribution in [2.24, 2.45) is 0 Å². The van der Waals surface area contributed by atoms with Crippen molar-refractivity contribution >= 4 is 34.8 Å². The Morgan fingerprint density at radius 1 is 0.900 bits per heavy atom. The van der Waals surface area contributed by atoms with Gasteiger partial charge in [0.2, 0.25) is 0 Å². The van der Waals surface area contributed by atoms with Gasteiger partial charge in [-0.15, -0.1) is 0 Å². The van der Waals surface area contributed by atoms with Gasteiger partial charge in [0.05, 0.1) is 12.0 Å². The maximum absolute atomic E-state index is 12.0. The summed E-state index contributed by atoms with van der Waals surface area (Å²) >= 11 is 11.5. The van der Waals surface area contributed by atoms with Crippen LogP contribution in [0.15, 0.2) is 42.5 Å². The minimum absolute atomic E-state index is 0.0415. The average Bonchev–Trinajstić information content (AvgIpc) is 2.42. The van der Waals surface area contributed by atoms with Crippen LogP contribution in [0.25, 0.3) is 0 Å². The van der Waals surface area contributed by atoms with Gasteiger partial charge in [-0.05, 0) is 42.5 Å². The van der Waals surface area contributed by atoms with E-state index in [0.29, 0.717) is 15.6 Å². The summed E-state index contributed by atoms with van der Waals surface area (Å²) in [5.41, 5.74) is 0.434. The molecule has 0 aliphatic carbocycles. The number of hydrogen-bond donors (Lipinski definition) is 1. The third-order valence-corrected chi connectivity index (χ3v) is 3.23. The fourth-order valence-corrected chi connectivity index (χ4v) is 2.01. The van der Waals surface area contributed by atoms with Crippen molar-refractivity contribution in [3.63, 3.8) is 0 Å². The van der Waals surface area contributed by atoms with Crippen molar-refractivity contribution in [1.29, 1.82) is 0 Å². The summed E-state index contributed by atoms with van der Waals surface area (Å²) in [5.74, 6) is -1.01. The highest BCUT2D eigenvalue weighted by atomic mass is 35.5. The van der Waals surface area contributed by atoms with Crippen molar-refractivity contribution in [1.82, 2.24) is 0 Å². The van der Waals surface area contributed by atoms with Crippen molar-refractivity contribution in [2.45, 2.75) is 6.42 Å². The normalized spacial score (nSPS) is 10.3. The van der Waals surface area contributed by atoms with E-state index >= 15 is 0 Å². The largest absolute Gasteiger partial charge is 0.507 e. The second kappa shape index (κ2) is 6.07. The van der Waals surface area contributed by atoms with Crippen LogP contribution in [-0.4, -0.2) is 16.7 Å². The van der Waals surface area contributed by atoms with Crippen LogP contribution in [0.4, 0.5) is 0 Å². The number of Topliss-reactive ketones (excluding diaryl/α,β-unsaturated/α-hetero) is 2. The first-order chi connectivity index (χ1) is 9.47. The highest BCUT2D eigenvalue weighted by molar-refractivity contribution is 6.31. The molecule has 102 valence electrons. The number of carbonyl (C=O) groups excluding carboxylic acids is 2. The number of halogens is 2. The molecule has 0 unspecified atom stereocenters. The molecule has 20 heavy (non-hydrogen) atoms. The summed E-state index contributed by atoms with van der Waals surface area (Å²) in [6, 6.07) is 10.4. The Bertz CT molecular complexity index is 663. The zero-order chi connectivity index (χ0) is 14.7. The molecule has 3 nitrogen and oxygen atoms in total. The van der Waals surface area contributed by atoms with Gasteiger partial charge >= 0.3 is 0 Å². The molecule has 0 aliphatic rings. The number of carbonyl (C=O) groups is 2. The summed E-state index contributed by atoms with van der Waals surface area (Å²) in [5, 5.41) is 10.5. The number of ketones is 2. The minimum atomic E-state index is -0.482. The minimum Gasteiger partial charge on any atom is -0.507 e. The summed E-state index contributed by atoms with van der Waals surface area (Å²) < 4.78 is 0. The van der Waals surface area contributed by atoms with E-state index in [1.165, 1.54) is 18.2 Å². The molecule has 0 saturated carbocycles. The predicted molar refractivity (Wildman–Crippen MR) is 77.8 cm³/mol. The van der Waals surface area contributed by atoms with Gasteiger partial charge in [-0.1, -0.05) is 23.2 Å². The van der Waals surface area contributed by atoms with Gasteiger partial charge in [-0.3, -0.25) is 9.59 Å². The van der Waals surface area contributed by atoms with Crippen molar-refractivity contribution in [3.8, 4) is 5.75 Å². The summed E-state index contributed by atoms with van der Waals surface area (Å²) in [7, 11) is 0. The molecular weight excluding hydrogens is 299 g/mol. The molecule has 0 fully saturated rings. The molecule has 2 aromatic carbocycles. The summed E-state index contributed by atoms with van der Waals surface area (Å²) in [6.07, 6.45) is -0.338. The van der Waals surface area contributed by atoms with Gasteiger partial charge in [-0.2, -0.15) is 0 Å². The van der Waals surface area contributed by atoms with Crippen molar-refractivity contribution < 1.29 is 14.7 Å². The topological polar surface area (TPSA) is 54.4 Å². The molecule has 0 radical (unpaired) electrons. The Kier molecular flexibility index (Phi) is 4.42. The summed E-state index contributed by atoms with van der Waals surface area (Å²) in [4.78, 5) is 24.0. The highest BCUT2D eigenvalue weighted by Crippen LogP contribution is 2.23. The molecule has 0 atom stereocenters. The molecule has 0 heterocycles. The van der Waals surface area contributed by atoms with Crippen LogP contribution in [0.2, 0.25) is 10.0 Å². The average molecular weight is 309 g/mol. The Balaban J connectivity index is 2.17. The Morgan fingerprint density at radius 2 is 1.50 bits per heavy atom. The van der Waals surface area contributed by atoms with E-state index < -0.39 is 5.78 Å². The molecule has 0 bridgehead atoms. The number of phenolic OH excluding ortho intramolecular Hbond substituents is 1. The number of rotatable bonds is 4. The van der Waals surface area contributed by atoms with Crippen LogP contribution in [0, 0.1) is 0 Å². The monoisotopic (exact) mass is 308 g/mol. The van der Waals surface area contributed by atoms with Crippen LogP contribution < -0.4 is 0 Å². The predicted octanol–water partition coefficient (Wildman–Crippen LogP) is 4.15. The Labute approximate surface area is 125 Å². The molecule has 0 saturated heterocycles. The van der Waals surface area contributed by atoms with E-state index in [4.69, 9.17) is 23.2 Å². The van der Waals surface area contributed by atoms with Crippen LogP contribution in [-0.2, 0) is 0 Å². The molecule has 0 spiro atoms. The maximum atomic E-state index is 12.0. The smallest absolute Gasteiger partial charge is 0.174 e. The molecule has 2 rings (SSSR count). The van der Waals surface area contributed by atoms with Crippen LogP contribution in [0.1, 0.15) is 27.1 Å². The van der Waals surface area contributed by atoms with Gasteiger partial charge < -0.3 is 5.11 Å². The number of phenols is 1. The van der Waals surface area contributed by atoms with Crippen LogP contribution in [0.3, 0.4) is 0 Å². The van der Waals surface area contributed by atoms with Gasteiger partial charge in [-0.25, -0.2) is 0 Å². The van der Waals surface area contributed by atoms with E-state index in [1.807, 2.05) is 0 Å². The zero-order valence-corrected chi connectivity index (χ0v) is 11.8. The molecule has 0 amide bonds. The Morgan fingerprint density at radius 3 is 2.15 bits per heavy atom. The lowest BCUT2D eigenvalue weighted by atomic mass is 10.0. The maximum Gasteiger partial charge on any atom is 0.174 e. The molecule has 0 aliphatic heterocycles. The lowest BCUT2D eigenvalue weighted by Gasteiger charge is -2.04. The van der Waals surface area contributed by atoms with Crippen molar-refractivity contribution in [2.75, 3.05) is 0 Å². The van der Waals surface area contributed by atoms with E-state index in [9.17, 15) is 14.7 Å². The van der Waals surface area contributed by atoms with Crippen LogP contribution in [0.5, 0.6) is 5.75 Å². The molecular formula is C15H10Cl2O3. The lowest BCUT2D eigenvalue weighted by Crippen LogP contribution is -2.08. The van der Waals surface area contributed by atoms with E-state index in [0.717, 1.165) is 0 Å². The first-order valence-corrected chi connectivity index (χ1v) is 6.53. The molecule has 1 N–H and O–H groups in total. The Hall–Kier alpha value is -1.84. The second-order valence-electron chi connectivity index (χ2n) is 4.19. The van der Waals surface area contributed by atoms with Gasteiger partial charge in [0.15, 0.2) is 11.6 Å². The summed E-state index contributed by atoms with van der Waals surface area (Å²) in [6.45, 7) is 0. The third kappa shape index (κ3) is 3.38. The van der Waals surface area contributed by atoms with Gasteiger partial charge in [0, 0.05) is 15.6 Å². The van der Waals surface area contributed by atoms with Crippen LogP contribution >= 0.6 is 23.2 Å². The highest BCUT2D eigenvalue weighted by Gasteiger charge is 2.17. The van der Waals surface area contributed by atoms with Gasteiger partial charge in [0.1, 0.15) is 5.75 Å².